The van der Waals surface area contributed by atoms with E-state index in [1.54, 1.807) is 44.6 Å². The van der Waals surface area contributed by atoms with E-state index in [9.17, 15) is 9.59 Å². The van der Waals surface area contributed by atoms with Gasteiger partial charge >= 0.3 is 0 Å². The third kappa shape index (κ3) is 5.46. The number of rotatable bonds is 8. The summed E-state index contributed by atoms with van der Waals surface area (Å²) in [6.07, 6.45) is 3.06. The average molecular weight is 354 g/mol. The maximum atomic E-state index is 12.2. The van der Waals surface area contributed by atoms with Crippen LogP contribution in [0.15, 0.2) is 54.6 Å². The lowest BCUT2D eigenvalue weighted by Crippen LogP contribution is -2.28. The van der Waals surface area contributed by atoms with Crippen molar-refractivity contribution in [2.45, 2.75) is 0 Å². The van der Waals surface area contributed by atoms with Crippen molar-refractivity contribution in [3.05, 3.63) is 65.7 Å². The minimum atomic E-state index is -0.340. The van der Waals surface area contributed by atoms with Crippen LogP contribution in [0.5, 0.6) is 5.75 Å². The highest BCUT2D eigenvalue weighted by atomic mass is 16.5. The van der Waals surface area contributed by atoms with Crippen molar-refractivity contribution in [1.82, 2.24) is 5.32 Å². The summed E-state index contributed by atoms with van der Waals surface area (Å²) in [4.78, 5) is 24.5. The van der Waals surface area contributed by atoms with Gasteiger partial charge in [-0.15, -0.1) is 0 Å². The Morgan fingerprint density at radius 3 is 2.54 bits per heavy atom. The number of methoxy groups -OCH3 is 2. The monoisotopic (exact) mass is 354 g/mol. The molecule has 0 heterocycles. The molecule has 136 valence electrons. The molecule has 6 nitrogen and oxygen atoms in total. The van der Waals surface area contributed by atoms with Crippen LogP contribution < -0.4 is 15.4 Å². The van der Waals surface area contributed by atoms with Crippen LogP contribution in [0.2, 0.25) is 0 Å². The van der Waals surface area contributed by atoms with Crippen molar-refractivity contribution in [2.75, 3.05) is 32.7 Å². The SMILES string of the molecule is COCCNC(=O)c1ccccc1NC(=O)/C=C/c1ccccc1OC. The topological polar surface area (TPSA) is 76.7 Å². The minimum absolute atomic E-state index is 0.272. The summed E-state index contributed by atoms with van der Waals surface area (Å²) in [6, 6.07) is 14.2. The lowest BCUT2D eigenvalue weighted by atomic mass is 10.1. The average Bonchev–Trinajstić information content (AvgIpc) is 2.67. The molecule has 26 heavy (non-hydrogen) atoms. The van der Waals surface area contributed by atoms with Gasteiger partial charge in [0.05, 0.1) is 25.0 Å². The maximum Gasteiger partial charge on any atom is 0.253 e. The van der Waals surface area contributed by atoms with Crippen LogP contribution in [-0.4, -0.2) is 39.2 Å². The van der Waals surface area contributed by atoms with Crippen LogP contribution in [0, 0.1) is 0 Å². The van der Waals surface area contributed by atoms with E-state index >= 15 is 0 Å². The van der Waals surface area contributed by atoms with Crippen molar-refractivity contribution in [3.8, 4) is 5.75 Å². The van der Waals surface area contributed by atoms with Gasteiger partial charge in [0.15, 0.2) is 0 Å². The van der Waals surface area contributed by atoms with Gasteiger partial charge in [-0.2, -0.15) is 0 Å². The second-order valence-corrected chi connectivity index (χ2v) is 5.36. The molecular weight excluding hydrogens is 332 g/mol. The van der Waals surface area contributed by atoms with E-state index in [-0.39, 0.29) is 11.8 Å². The molecule has 2 aromatic rings. The Kier molecular flexibility index (Phi) is 7.39. The predicted molar refractivity (Wildman–Crippen MR) is 101 cm³/mol. The number of nitrogens with one attached hydrogen (secondary N) is 2. The Morgan fingerprint density at radius 1 is 1.04 bits per heavy atom. The summed E-state index contributed by atoms with van der Waals surface area (Å²) in [5.41, 5.74) is 1.62. The minimum Gasteiger partial charge on any atom is -0.496 e. The van der Waals surface area contributed by atoms with Crippen molar-refractivity contribution >= 4 is 23.6 Å². The molecule has 2 rings (SSSR count). The summed E-state index contributed by atoms with van der Waals surface area (Å²) in [5, 5.41) is 5.47. The van der Waals surface area contributed by atoms with E-state index in [1.807, 2.05) is 24.3 Å². The van der Waals surface area contributed by atoms with E-state index < -0.39 is 0 Å². The van der Waals surface area contributed by atoms with Gasteiger partial charge in [0.1, 0.15) is 5.75 Å². The number of carbonyl (C=O) groups is 2. The summed E-state index contributed by atoms with van der Waals surface area (Å²) in [7, 11) is 3.14. The molecule has 0 atom stereocenters. The number of benzene rings is 2. The zero-order valence-electron chi connectivity index (χ0n) is 14.8. The highest BCUT2D eigenvalue weighted by Crippen LogP contribution is 2.19. The smallest absolute Gasteiger partial charge is 0.253 e. The molecule has 0 saturated carbocycles. The van der Waals surface area contributed by atoms with Gasteiger partial charge in [0, 0.05) is 25.3 Å². The van der Waals surface area contributed by atoms with Gasteiger partial charge in [-0.25, -0.2) is 0 Å². The van der Waals surface area contributed by atoms with Crippen molar-refractivity contribution < 1.29 is 19.1 Å². The molecule has 0 radical (unpaired) electrons. The van der Waals surface area contributed by atoms with Crippen molar-refractivity contribution in [2.24, 2.45) is 0 Å². The van der Waals surface area contributed by atoms with Gasteiger partial charge in [0.25, 0.3) is 5.91 Å². The first-order valence-electron chi connectivity index (χ1n) is 8.14. The predicted octanol–water partition coefficient (Wildman–Crippen LogP) is 2.72. The molecular formula is C20H22N2O4. The van der Waals surface area contributed by atoms with Crippen LogP contribution in [0.3, 0.4) is 0 Å². The Labute approximate surface area is 152 Å². The first-order valence-corrected chi connectivity index (χ1v) is 8.14. The second-order valence-electron chi connectivity index (χ2n) is 5.36. The third-order valence-corrected chi connectivity index (χ3v) is 3.57. The van der Waals surface area contributed by atoms with Crippen molar-refractivity contribution in [3.63, 3.8) is 0 Å². The molecule has 0 aromatic heterocycles. The molecule has 0 bridgehead atoms. The number of amides is 2. The van der Waals surface area contributed by atoms with E-state index in [0.717, 1.165) is 5.56 Å². The first kappa shape index (κ1) is 19.2. The first-order chi connectivity index (χ1) is 12.7. The summed E-state index contributed by atoms with van der Waals surface area (Å²) < 4.78 is 10.2. The number of para-hydroxylation sites is 2. The van der Waals surface area contributed by atoms with Gasteiger partial charge in [-0.3, -0.25) is 9.59 Å². The highest BCUT2D eigenvalue weighted by molar-refractivity contribution is 6.07. The number of hydrogen-bond acceptors (Lipinski definition) is 4. The highest BCUT2D eigenvalue weighted by Gasteiger charge is 2.11. The maximum absolute atomic E-state index is 12.2. The van der Waals surface area contributed by atoms with Gasteiger partial charge in [-0.05, 0) is 24.3 Å². The number of carbonyl (C=O) groups excluding carboxylic acids is 2. The van der Waals surface area contributed by atoms with Crippen LogP contribution >= 0.6 is 0 Å². The molecule has 2 aromatic carbocycles. The molecule has 0 aliphatic rings. The van der Waals surface area contributed by atoms with Gasteiger partial charge in [-0.1, -0.05) is 30.3 Å². The largest absolute Gasteiger partial charge is 0.496 e. The fourth-order valence-corrected chi connectivity index (χ4v) is 2.30. The molecule has 0 aliphatic carbocycles. The Hall–Kier alpha value is -3.12. The fourth-order valence-electron chi connectivity index (χ4n) is 2.30. The number of ether oxygens (including phenoxy) is 2. The summed E-state index contributed by atoms with van der Waals surface area (Å²) in [5.74, 6) is 0.0641. The number of hydrogen-bond donors (Lipinski definition) is 2. The zero-order valence-corrected chi connectivity index (χ0v) is 14.8. The quantitative estimate of drug-likeness (QED) is 0.564. The van der Waals surface area contributed by atoms with E-state index in [0.29, 0.717) is 30.2 Å². The van der Waals surface area contributed by atoms with Crippen LogP contribution in [-0.2, 0) is 9.53 Å². The third-order valence-electron chi connectivity index (χ3n) is 3.57. The molecule has 0 spiro atoms. The van der Waals surface area contributed by atoms with Crippen LogP contribution in [0.1, 0.15) is 15.9 Å². The summed E-state index contributed by atoms with van der Waals surface area (Å²) in [6.45, 7) is 0.813. The molecule has 0 fully saturated rings. The van der Waals surface area contributed by atoms with E-state index in [4.69, 9.17) is 9.47 Å². The van der Waals surface area contributed by atoms with E-state index in [2.05, 4.69) is 10.6 Å². The molecule has 0 aliphatic heterocycles. The lowest BCUT2D eigenvalue weighted by Gasteiger charge is -2.10. The molecule has 0 unspecified atom stereocenters. The van der Waals surface area contributed by atoms with Crippen LogP contribution in [0.25, 0.3) is 6.08 Å². The number of anilines is 1. The lowest BCUT2D eigenvalue weighted by molar-refractivity contribution is -0.111. The molecule has 2 amide bonds. The molecule has 0 saturated heterocycles. The van der Waals surface area contributed by atoms with Crippen molar-refractivity contribution in [1.29, 1.82) is 0 Å². The molecule has 6 heteroatoms. The Balaban J connectivity index is 2.07. The second kappa shape index (κ2) is 10.0. The normalized spacial score (nSPS) is 10.5. The standard InChI is InChI=1S/C20H22N2O4/c1-25-14-13-21-20(24)16-8-4-5-9-17(16)22-19(23)12-11-15-7-3-6-10-18(15)26-2/h3-12H,13-14H2,1-2H3,(H,21,24)(H,22,23)/b12-11+. The molecule has 2 N–H and O–H groups in total. The zero-order chi connectivity index (χ0) is 18.8. The van der Waals surface area contributed by atoms with Gasteiger partial charge in [0.2, 0.25) is 5.91 Å². The fraction of sp³-hybridized carbons (Fsp3) is 0.200. The Morgan fingerprint density at radius 2 is 1.77 bits per heavy atom. The Bertz CT molecular complexity index is 787. The summed E-state index contributed by atoms with van der Waals surface area (Å²) >= 11 is 0. The van der Waals surface area contributed by atoms with Gasteiger partial charge < -0.3 is 20.1 Å². The van der Waals surface area contributed by atoms with Crippen LogP contribution in [0.4, 0.5) is 5.69 Å². The van der Waals surface area contributed by atoms with E-state index in [1.165, 1.54) is 6.08 Å².